The molecule has 0 spiro atoms. The summed E-state index contributed by atoms with van der Waals surface area (Å²) in [4.78, 5) is 18.5. The van der Waals surface area contributed by atoms with Crippen LogP contribution >= 0.6 is 0 Å². The Morgan fingerprint density at radius 3 is 2.12 bits per heavy atom. The zero-order valence-corrected chi connectivity index (χ0v) is 26.3. The van der Waals surface area contributed by atoms with E-state index in [2.05, 4.69) is 24.0 Å². The van der Waals surface area contributed by atoms with Gasteiger partial charge in [-0.1, -0.05) is 31.2 Å². The van der Waals surface area contributed by atoms with Gasteiger partial charge in [-0.15, -0.1) is 0 Å². The lowest BCUT2D eigenvalue weighted by Crippen LogP contribution is -2.45. The lowest BCUT2D eigenvalue weighted by molar-refractivity contribution is -0.123. The molecule has 0 N–H and O–H groups in total. The summed E-state index contributed by atoms with van der Waals surface area (Å²) >= 11 is 0. The Morgan fingerprint density at radius 1 is 0.878 bits per heavy atom. The van der Waals surface area contributed by atoms with Crippen LogP contribution in [0, 0.1) is 11.8 Å². The van der Waals surface area contributed by atoms with Gasteiger partial charge in [0.2, 0.25) is 15.9 Å². The third-order valence-electron chi connectivity index (χ3n) is 8.61. The molecule has 8 nitrogen and oxygen atoms in total. The normalized spacial score (nSPS) is 18.4. The maximum Gasteiger partial charge on any atom is 0.230 e. The Bertz CT molecular complexity index is 1380. The topological polar surface area (TPSA) is 95.1 Å². The lowest BCUT2D eigenvalue weighted by atomic mass is 9.90. The van der Waals surface area contributed by atoms with Gasteiger partial charge in [0, 0.05) is 37.5 Å². The number of carbonyl (C=O) groups excluding carboxylic acids is 1. The van der Waals surface area contributed by atoms with Crippen molar-refractivity contribution in [1.82, 2.24) is 9.21 Å². The molecule has 2 aromatic rings. The lowest BCUT2D eigenvalue weighted by Gasteiger charge is -2.35. The number of hydrogen-bond donors (Lipinski definition) is 0. The smallest absolute Gasteiger partial charge is 0.230 e. The Hall–Kier alpha value is -2.27. The second-order valence-electron chi connectivity index (χ2n) is 11.7. The summed E-state index contributed by atoms with van der Waals surface area (Å²) in [6, 6.07) is 15.5. The SMILES string of the molecule is CCc1cccc(N(CCCN2CCC(Cc3ccc(S(C)(=O)=O)cc3)CC2)C(=O)C2CCN(S(C)(=O)=O)CC2)c1. The molecule has 2 saturated heterocycles. The highest BCUT2D eigenvalue weighted by Gasteiger charge is 2.32. The number of sulfonamides is 1. The Labute approximate surface area is 246 Å². The second-order valence-corrected chi connectivity index (χ2v) is 15.7. The average Bonchev–Trinajstić information content (AvgIpc) is 2.95. The van der Waals surface area contributed by atoms with Crippen molar-refractivity contribution in [2.24, 2.45) is 11.8 Å². The molecule has 0 bridgehead atoms. The van der Waals surface area contributed by atoms with Gasteiger partial charge in [-0.05, 0) is 106 Å². The first kappa shape index (κ1) is 31.7. The number of hydrogen-bond acceptors (Lipinski definition) is 6. The van der Waals surface area contributed by atoms with E-state index in [4.69, 9.17) is 0 Å². The fourth-order valence-electron chi connectivity index (χ4n) is 6.04. The summed E-state index contributed by atoms with van der Waals surface area (Å²) in [6.45, 7) is 6.53. The van der Waals surface area contributed by atoms with Crippen LogP contribution in [0.1, 0.15) is 50.2 Å². The van der Waals surface area contributed by atoms with Crippen molar-refractivity contribution in [2.75, 3.05) is 56.7 Å². The van der Waals surface area contributed by atoms with E-state index in [1.54, 1.807) is 12.1 Å². The molecule has 0 saturated carbocycles. The van der Waals surface area contributed by atoms with Crippen molar-refractivity contribution >= 4 is 31.5 Å². The van der Waals surface area contributed by atoms with Crippen molar-refractivity contribution in [1.29, 1.82) is 0 Å². The van der Waals surface area contributed by atoms with E-state index >= 15 is 0 Å². The van der Waals surface area contributed by atoms with E-state index in [1.165, 1.54) is 27.9 Å². The molecule has 2 aromatic carbocycles. The molecule has 0 radical (unpaired) electrons. The zero-order valence-electron chi connectivity index (χ0n) is 24.7. The summed E-state index contributed by atoms with van der Waals surface area (Å²) in [6.07, 6.45) is 8.54. The minimum atomic E-state index is -3.23. The van der Waals surface area contributed by atoms with Crippen LogP contribution in [-0.2, 0) is 37.5 Å². The number of carbonyl (C=O) groups is 1. The number of likely N-dealkylation sites (tertiary alicyclic amines) is 1. The van der Waals surface area contributed by atoms with Gasteiger partial charge in [-0.2, -0.15) is 0 Å². The fourth-order valence-corrected chi connectivity index (χ4v) is 7.54. The summed E-state index contributed by atoms with van der Waals surface area (Å²) in [7, 11) is -6.40. The fraction of sp³-hybridized carbons (Fsp3) is 0.581. The van der Waals surface area contributed by atoms with Gasteiger partial charge < -0.3 is 9.80 Å². The number of rotatable bonds is 11. The molecule has 0 aromatic heterocycles. The van der Waals surface area contributed by atoms with Gasteiger partial charge in [-0.25, -0.2) is 21.1 Å². The maximum atomic E-state index is 13.7. The number of sulfone groups is 1. The molecule has 2 heterocycles. The maximum absolute atomic E-state index is 13.7. The molecule has 1 amide bonds. The number of piperidine rings is 2. The molecule has 0 atom stereocenters. The molecular formula is C31H45N3O5S2. The predicted molar refractivity (Wildman–Crippen MR) is 164 cm³/mol. The highest BCUT2D eigenvalue weighted by atomic mass is 32.2. The van der Waals surface area contributed by atoms with Gasteiger partial charge in [0.1, 0.15) is 0 Å². The molecule has 0 aliphatic carbocycles. The quantitative estimate of drug-likeness (QED) is 0.385. The summed E-state index contributed by atoms with van der Waals surface area (Å²) in [5.74, 6) is 0.524. The number of anilines is 1. The van der Waals surface area contributed by atoms with E-state index in [1.807, 2.05) is 29.2 Å². The van der Waals surface area contributed by atoms with E-state index < -0.39 is 19.9 Å². The first-order valence-electron chi connectivity index (χ1n) is 14.8. The summed E-state index contributed by atoms with van der Waals surface area (Å²) in [5, 5.41) is 0. The van der Waals surface area contributed by atoms with E-state index in [9.17, 15) is 21.6 Å². The Kier molecular flexibility index (Phi) is 10.7. The average molecular weight is 604 g/mol. The van der Waals surface area contributed by atoms with Crippen LogP contribution in [0.4, 0.5) is 5.69 Å². The van der Waals surface area contributed by atoms with E-state index in [-0.39, 0.29) is 11.8 Å². The molecule has 2 aliphatic heterocycles. The van der Waals surface area contributed by atoms with Crippen molar-refractivity contribution in [3.8, 4) is 0 Å². The minimum absolute atomic E-state index is 0.104. The largest absolute Gasteiger partial charge is 0.312 e. The highest BCUT2D eigenvalue weighted by Crippen LogP contribution is 2.27. The monoisotopic (exact) mass is 603 g/mol. The van der Waals surface area contributed by atoms with Crippen LogP contribution in [0.5, 0.6) is 0 Å². The molecule has 2 aliphatic rings. The number of benzene rings is 2. The standard InChI is InChI=1S/C31H45N3O5S2/c1-4-25-7-5-8-29(24-25)34(31(35)28-15-21-33(22-16-28)41(3,38)39)18-6-17-32-19-13-27(14-20-32)23-26-9-11-30(12-10-26)40(2,36)37/h5,7-12,24,27-28H,4,6,13-23H2,1-3H3. The van der Waals surface area contributed by atoms with Gasteiger partial charge in [0.05, 0.1) is 11.2 Å². The molecule has 2 fully saturated rings. The third kappa shape index (κ3) is 8.86. The van der Waals surface area contributed by atoms with Crippen LogP contribution in [-0.4, -0.2) is 83.7 Å². The van der Waals surface area contributed by atoms with Gasteiger partial charge in [-0.3, -0.25) is 4.79 Å². The van der Waals surface area contributed by atoms with E-state index in [0.29, 0.717) is 43.3 Å². The van der Waals surface area contributed by atoms with Crippen molar-refractivity contribution in [2.45, 2.75) is 56.8 Å². The van der Waals surface area contributed by atoms with Crippen molar-refractivity contribution < 1.29 is 21.6 Å². The highest BCUT2D eigenvalue weighted by molar-refractivity contribution is 7.90. The second kappa shape index (κ2) is 13.8. The Balaban J connectivity index is 1.30. The van der Waals surface area contributed by atoms with Crippen molar-refractivity contribution in [3.63, 3.8) is 0 Å². The molecule has 41 heavy (non-hydrogen) atoms. The Morgan fingerprint density at radius 2 is 1.54 bits per heavy atom. The van der Waals surface area contributed by atoms with Gasteiger partial charge in [0.25, 0.3) is 0 Å². The van der Waals surface area contributed by atoms with Crippen LogP contribution in [0.25, 0.3) is 0 Å². The first-order chi connectivity index (χ1) is 19.4. The number of aryl methyl sites for hydroxylation is 1. The third-order valence-corrected chi connectivity index (χ3v) is 11.0. The van der Waals surface area contributed by atoms with Gasteiger partial charge >= 0.3 is 0 Å². The number of amides is 1. The minimum Gasteiger partial charge on any atom is -0.312 e. The van der Waals surface area contributed by atoms with Crippen LogP contribution < -0.4 is 4.90 Å². The van der Waals surface area contributed by atoms with Crippen LogP contribution in [0.3, 0.4) is 0 Å². The number of nitrogens with zero attached hydrogens (tertiary/aromatic N) is 3. The molecule has 4 rings (SSSR count). The first-order valence-corrected chi connectivity index (χ1v) is 18.5. The molecule has 10 heteroatoms. The van der Waals surface area contributed by atoms with Crippen molar-refractivity contribution in [3.05, 3.63) is 59.7 Å². The molecule has 0 unspecified atom stereocenters. The van der Waals surface area contributed by atoms with Crippen LogP contribution in [0.2, 0.25) is 0 Å². The van der Waals surface area contributed by atoms with Crippen LogP contribution in [0.15, 0.2) is 53.4 Å². The van der Waals surface area contributed by atoms with Gasteiger partial charge in [0.15, 0.2) is 9.84 Å². The summed E-state index contributed by atoms with van der Waals surface area (Å²) in [5.41, 5.74) is 3.31. The molecule has 226 valence electrons. The summed E-state index contributed by atoms with van der Waals surface area (Å²) < 4.78 is 48.8. The van der Waals surface area contributed by atoms with E-state index in [0.717, 1.165) is 57.4 Å². The predicted octanol–water partition coefficient (Wildman–Crippen LogP) is 4.00. The molecular weight excluding hydrogens is 558 g/mol. The zero-order chi connectivity index (χ0) is 29.6.